The highest BCUT2D eigenvalue weighted by atomic mass is 16.6. The number of aliphatic carboxylic acids is 1. The van der Waals surface area contributed by atoms with E-state index in [0.29, 0.717) is 25.9 Å². The van der Waals surface area contributed by atoms with Crippen molar-refractivity contribution in [1.82, 2.24) is 20.4 Å². The number of carbonyl (C=O) groups excluding carboxylic acids is 4. The van der Waals surface area contributed by atoms with Gasteiger partial charge in [0.05, 0.1) is 13.2 Å². The Balaban J connectivity index is 1.64. The minimum Gasteiger partial charge on any atom is -0.480 e. The Morgan fingerprint density at radius 2 is 1.77 bits per heavy atom. The smallest absolute Gasteiger partial charge is 0.410 e. The molecule has 1 aromatic rings. The third-order valence-corrected chi connectivity index (χ3v) is 7.86. The van der Waals surface area contributed by atoms with Crippen LogP contribution in [0.5, 0.6) is 0 Å². The fourth-order valence-corrected chi connectivity index (χ4v) is 5.69. The van der Waals surface area contributed by atoms with E-state index < -0.39 is 65.2 Å². The van der Waals surface area contributed by atoms with Crippen LogP contribution in [0.3, 0.4) is 0 Å². The van der Waals surface area contributed by atoms with E-state index in [2.05, 4.69) is 10.6 Å². The average Bonchev–Trinajstić information content (AvgIpc) is 3.53. The normalized spacial score (nSPS) is 25.4. The molecule has 1 saturated heterocycles. The first-order chi connectivity index (χ1) is 20.5. The summed E-state index contributed by atoms with van der Waals surface area (Å²) in [7, 11) is 0. The predicted molar refractivity (Wildman–Crippen MR) is 157 cm³/mol. The summed E-state index contributed by atoms with van der Waals surface area (Å²) in [6, 6.07) is 2.28. The number of carboxylic acids is 1. The van der Waals surface area contributed by atoms with Crippen LogP contribution in [-0.4, -0.2) is 94.5 Å². The minimum atomic E-state index is -1.26. The number of hydrogen-bond acceptors (Lipinski definition) is 8. The molecule has 3 aliphatic heterocycles. The van der Waals surface area contributed by atoms with Gasteiger partial charge in [0.1, 0.15) is 29.8 Å². The van der Waals surface area contributed by atoms with Gasteiger partial charge >= 0.3 is 18.2 Å². The van der Waals surface area contributed by atoms with Crippen LogP contribution in [0.25, 0.3) is 0 Å². The van der Waals surface area contributed by atoms with Gasteiger partial charge in [-0.25, -0.2) is 14.4 Å². The number of nitrogens with zero attached hydrogens (tertiary/aromatic N) is 2. The lowest BCUT2D eigenvalue weighted by molar-refractivity contribution is -0.151. The van der Waals surface area contributed by atoms with Crippen molar-refractivity contribution in [2.75, 3.05) is 19.8 Å². The van der Waals surface area contributed by atoms with E-state index in [4.69, 9.17) is 14.2 Å². The molecular formula is C31H44N4O9. The fourth-order valence-electron chi connectivity index (χ4n) is 5.69. The Hall–Kier alpha value is -3.87. The fraction of sp³-hybridized carbons (Fsp3) is 0.645. The van der Waals surface area contributed by atoms with Crippen LogP contribution in [0.1, 0.15) is 71.1 Å². The largest absolute Gasteiger partial charge is 0.480 e. The van der Waals surface area contributed by atoms with Crippen LogP contribution in [0.4, 0.5) is 9.59 Å². The number of ether oxygens (including phenoxy) is 3. The van der Waals surface area contributed by atoms with Gasteiger partial charge in [-0.1, -0.05) is 39.0 Å². The van der Waals surface area contributed by atoms with Gasteiger partial charge in [0.25, 0.3) is 0 Å². The number of rotatable bonds is 2. The second-order valence-electron chi connectivity index (χ2n) is 13.7. The molecule has 4 bridgehead atoms. The maximum Gasteiger partial charge on any atom is 0.410 e. The first-order valence-corrected chi connectivity index (χ1v) is 15.0. The van der Waals surface area contributed by atoms with Gasteiger partial charge in [-0.2, -0.15) is 0 Å². The number of alkyl carbamates (subject to hydrolysis) is 1. The lowest BCUT2D eigenvalue weighted by Crippen LogP contribution is -2.60. The molecule has 13 nitrogen and oxygen atoms in total. The number of benzene rings is 1. The van der Waals surface area contributed by atoms with E-state index in [1.54, 1.807) is 46.4 Å². The quantitative estimate of drug-likeness (QED) is 0.453. The Morgan fingerprint density at radius 3 is 2.43 bits per heavy atom. The van der Waals surface area contributed by atoms with Crippen molar-refractivity contribution in [3.05, 3.63) is 34.9 Å². The van der Waals surface area contributed by atoms with Gasteiger partial charge in [-0.05, 0) is 55.7 Å². The van der Waals surface area contributed by atoms with E-state index >= 15 is 0 Å². The Bertz CT molecular complexity index is 1290. The summed E-state index contributed by atoms with van der Waals surface area (Å²) in [5.74, 6) is -2.56. The molecule has 0 aromatic heterocycles. The molecule has 0 saturated carbocycles. The first-order valence-electron chi connectivity index (χ1n) is 15.0. The standard InChI is InChI=1S/C31H44N4O9/c1-30(2,3)24-26(37)35-15-20(13-23(35)27(38)39)43-29(41)34-14-19-10-7-9-18(21(19)16-34)11-8-12-42-17-22(25(36)33-24)32-28(40)44-31(4,5)6/h7,9-10,20,22-24H,8,11-17H2,1-6H3,(H,32,40)(H,33,36)(H,38,39)/t20-,22+,23+,24-/m1/s1. The molecule has 4 amide bonds. The molecule has 44 heavy (non-hydrogen) atoms. The Morgan fingerprint density at radius 1 is 1.07 bits per heavy atom. The highest BCUT2D eigenvalue weighted by Gasteiger charge is 2.47. The number of aryl methyl sites for hydroxylation is 1. The zero-order valence-corrected chi connectivity index (χ0v) is 26.3. The summed E-state index contributed by atoms with van der Waals surface area (Å²) in [6.07, 6.45) is -1.03. The van der Waals surface area contributed by atoms with Crippen molar-refractivity contribution < 1.29 is 43.3 Å². The maximum atomic E-state index is 13.9. The molecule has 0 spiro atoms. The van der Waals surface area contributed by atoms with Crippen molar-refractivity contribution in [3.8, 4) is 0 Å². The van der Waals surface area contributed by atoms with E-state index in [-0.39, 0.29) is 26.2 Å². The van der Waals surface area contributed by atoms with E-state index in [1.165, 1.54) is 0 Å². The number of fused-ring (bicyclic) bond motifs is 3. The van der Waals surface area contributed by atoms with Crippen LogP contribution in [0, 0.1) is 5.41 Å². The number of carboxylic acid groups (broad SMARTS) is 1. The topological polar surface area (TPSA) is 164 Å². The van der Waals surface area contributed by atoms with E-state index in [0.717, 1.165) is 21.6 Å². The average molecular weight is 617 g/mol. The zero-order chi connectivity index (χ0) is 32.4. The predicted octanol–water partition coefficient (Wildman–Crippen LogP) is 2.58. The molecule has 13 heteroatoms. The van der Waals surface area contributed by atoms with Crippen molar-refractivity contribution >= 4 is 30.0 Å². The summed E-state index contributed by atoms with van der Waals surface area (Å²) < 4.78 is 16.9. The van der Waals surface area contributed by atoms with Crippen LogP contribution in [0.15, 0.2) is 18.2 Å². The molecule has 1 fully saturated rings. The molecule has 3 aliphatic rings. The van der Waals surface area contributed by atoms with E-state index in [9.17, 15) is 29.1 Å². The van der Waals surface area contributed by atoms with Crippen molar-refractivity contribution in [1.29, 1.82) is 0 Å². The zero-order valence-electron chi connectivity index (χ0n) is 26.3. The van der Waals surface area contributed by atoms with Crippen molar-refractivity contribution in [3.63, 3.8) is 0 Å². The first kappa shape index (κ1) is 33.0. The van der Waals surface area contributed by atoms with Gasteiger partial charge in [-0.15, -0.1) is 0 Å². The number of amides is 4. The van der Waals surface area contributed by atoms with Crippen LogP contribution < -0.4 is 10.6 Å². The third kappa shape index (κ3) is 7.99. The molecule has 4 atom stereocenters. The summed E-state index contributed by atoms with van der Waals surface area (Å²) in [4.78, 5) is 68.3. The van der Waals surface area contributed by atoms with E-state index in [1.807, 2.05) is 18.2 Å². The second-order valence-corrected chi connectivity index (χ2v) is 13.7. The molecule has 3 heterocycles. The van der Waals surface area contributed by atoms with Gasteiger partial charge in [0.2, 0.25) is 11.8 Å². The van der Waals surface area contributed by atoms with Gasteiger partial charge in [0.15, 0.2) is 0 Å². The molecule has 242 valence electrons. The minimum absolute atomic E-state index is 0.0830. The maximum absolute atomic E-state index is 13.9. The highest BCUT2D eigenvalue weighted by Crippen LogP contribution is 2.30. The third-order valence-electron chi connectivity index (χ3n) is 7.86. The summed E-state index contributed by atoms with van der Waals surface area (Å²) in [5.41, 5.74) is 1.45. The lowest BCUT2D eigenvalue weighted by Gasteiger charge is -2.35. The van der Waals surface area contributed by atoms with Crippen LogP contribution in [0.2, 0.25) is 0 Å². The molecule has 4 rings (SSSR count). The van der Waals surface area contributed by atoms with Crippen molar-refractivity contribution in [2.24, 2.45) is 5.41 Å². The molecular weight excluding hydrogens is 572 g/mol. The van der Waals surface area contributed by atoms with Gasteiger partial charge in [0, 0.05) is 26.1 Å². The Kier molecular flexibility index (Phi) is 9.77. The van der Waals surface area contributed by atoms with Gasteiger partial charge in [-0.3, -0.25) is 14.5 Å². The number of carbonyl (C=O) groups is 5. The Labute approximate surface area is 257 Å². The molecule has 0 radical (unpaired) electrons. The molecule has 3 N–H and O–H groups in total. The SMILES string of the molecule is CC(C)(C)OC(=O)N[C@H]1COCCCc2cccc3c2CN(C3)C(=O)O[C@@H]2C[C@@H](C(=O)O)N(C2)C(=O)[C@H](C(C)(C)C)NC1=O. The molecule has 1 aromatic carbocycles. The van der Waals surface area contributed by atoms with Crippen LogP contribution >= 0.6 is 0 Å². The molecule has 0 aliphatic carbocycles. The van der Waals surface area contributed by atoms with Crippen molar-refractivity contribution in [2.45, 2.75) is 104 Å². The summed E-state index contributed by atoms with van der Waals surface area (Å²) >= 11 is 0. The monoisotopic (exact) mass is 616 g/mol. The lowest BCUT2D eigenvalue weighted by atomic mass is 9.85. The molecule has 0 unspecified atom stereocenters. The highest BCUT2D eigenvalue weighted by molar-refractivity contribution is 5.94. The van der Waals surface area contributed by atoms with Gasteiger partial charge < -0.3 is 34.9 Å². The number of nitrogens with one attached hydrogen (secondary N) is 2. The summed E-state index contributed by atoms with van der Waals surface area (Å²) in [5, 5.41) is 15.3. The second kappa shape index (κ2) is 13.0. The number of hydrogen-bond donors (Lipinski definition) is 3. The summed E-state index contributed by atoms with van der Waals surface area (Å²) in [6.45, 7) is 11.0. The van der Waals surface area contributed by atoms with Crippen LogP contribution in [-0.2, 0) is 48.1 Å².